The van der Waals surface area contributed by atoms with E-state index >= 15 is 0 Å². The number of benzene rings is 4. The number of nitrogens with one attached hydrogen (secondary N) is 1. The summed E-state index contributed by atoms with van der Waals surface area (Å²) in [5.74, 6) is -0.144. The quantitative estimate of drug-likeness (QED) is 0.243. The molecule has 204 valence electrons. The maximum atomic E-state index is 12.9. The lowest BCUT2D eigenvalue weighted by Gasteiger charge is -2.40. The van der Waals surface area contributed by atoms with Crippen molar-refractivity contribution in [2.24, 2.45) is 5.41 Å². The monoisotopic (exact) mass is 532 g/mol. The van der Waals surface area contributed by atoms with E-state index in [0.717, 1.165) is 12.2 Å². The second-order valence-corrected chi connectivity index (χ2v) is 11.8. The topological polar surface area (TPSA) is 50.8 Å². The summed E-state index contributed by atoms with van der Waals surface area (Å²) in [5.41, 5.74) is 11.8. The van der Waals surface area contributed by atoms with E-state index in [9.17, 15) is 4.79 Å². The summed E-state index contributed by atoms with van der Waals surface area (Å²) >= 11 is 0. The summed E-state index contributed by atoms with van der Waals surface area (Å²) in [6.07, 6.45) is 1.37. The Hall–Kier alpha value is -3.77. The summed E-state index contributed by atoms with van der Waals surface area (Å²) in [6, 6.07) is 21.8. The molecule has 0 radical (unpaired) electrons. The molecule has 6 heteroatoms. The van der Waals surface area contributed by atoms with Crippen molar-refractivity contribution >= 4 is 40.6 Å². The van der Waals surface area contributed by atoms with Gasteiger partial charge in [-0.1, -0.05) is 48.5 Å². The molecule has 0 fully saturated rings. The molecule has 5 nitrogen and oxygen atoms in total. The van der Waals surface area contributed by atoms with Crippen LogP contribution in [0.15, 0.2) is 60.7 Å². The fourth-order valence-electron chi connectivity index (χ4n) is 7.09. The van der Waals surface area contributed by atoms with Gasteiger partial charge in [-0.15, -0.1) is 0 Å². The normalized spacial score (nSPS) is 17.6. The molecular formula is C34H37BN2O3. The molecule has 1 unspecified atom stereocenters. The molecule has 0 amide bonds. The van der Waals surface area contributed by atoms with Crippen LogP contribution in [0.5, 0.6) is 0 Å². The van der Waals surface area contributed by atoms with Gasteiger partial charge in [-0.05, 0) is 102 Å². The smallest absolute Gasteiger partial charge is 0.409 e. The standard InChI is InChI=1S/C34H37BN2O3/c1-21-15-25-13-10-14-29-31(25)30(16-21)37(19-24-11-8-7-9-12-24)35(36-29)32-23(3)27-18-34(4,33(38)40-6)17-26(27)22(2)28(32)20-39-5/h7-16,36H,17-20H2,1-6H3. The van der Waals surface area contributed by atoms with Gasteiger partial charge in [-0.2, -0.15) is 0 Å². The van der Waals surface area contributed by atoms with Gasteiger partial charge in [0.05, 0.1) is 19.1 Å². The molecular weight excluding hydrogens is 495 g/mol. The molecule has 4 aromatic rings. The van der Waals surface area contributed by atoms with E-state index in [-0.39, 0.29) is 13.0 Å². The highest BCUT2D eigenvalue weighted by Crippen LogP contribution is 2.43. The molecule has 1 aliphatic heterocycles. The number of hydrogen-bond acceptors (Lipinski definition) is 5. The van der Waals surface area contributed by atoms with Crippen LogP contribution in [0.4, 0.5) is 11.4 Å². The maximum Gasteiger partial charge on any atom is 0.409 e. The highest BCUT2D eigenvalue weighted by molar-refractivity contribution is 6.81. The van der Waals surface area contributed by atoms with E-state index < -0.39 is 5.41 Å². The van der Waals surface area contributed by atoms with Crippen LogP contribution in [0, 0.1) is 26.2 Å². The van der Waals surface area contributed by atoms with E-state index in [1.165, 1.54) is 68.0 Å². The van der Waals surface area contributed by atoms with Crippen molar-refractivity contribution in [1.29, 1.82) is 0 Å². The average molecular weight is 532 g/mol. The molecule has 6 rings (SSSR count). The molecule has 4 aromatic carbocycles. The SMILES string of the molecule is COCc1c(C)c2c(c(C)c1B1Nc3cccc4cc(C)cc(c34)N1Cc1ccccc1)CC(C)(C(=O)OC)C2. The van der Waals surface area contributed by atoms with Crippen LogP contribution in [0.25, 0.3) is 10.8 Å². The van der Waals surface area contributed by atoms with Crippen LogP contribution in [-0.4, -0.2) is 27.2 Å². The first-order valence-corrected chi connectivity index (χ1v) is 14.1. The Kier molecular flexibility index (Phi) is 6.62. The molecule has 1 heterocycles. The Morgan fingerprint density at radius 3 is 2.40 bits per heavy atom. The molecule has 1 atom stereocenters. The van der Waals surface area contributed by atoms with Crippen molar-refractivity contribution in [1.82, 2.24) is 0 Å². The van der Waals surface area contributed by atoms with Gasteiger partial charge in [0.15, 0.2) is 0 Å². The third kappa shape index (κ3) is 4.17. The Morgan fingerprint density at radius 1 is 0.975 bits per heavy atom. The zero-order valence-electron chi connectivity index (χ0n) is 24.4. The summed E-state index contributed by atoms with van der Waals surface area (Å²) in [7, 11) is 3.26. The second kappa shape index (κ2) is 10.0. The number of aryl methyl sites for hydroxylation is 1. The number of ether oxygens (including phenoxy) is 2. The predicted molar refractivity (Wildman–Crippen MR) is 164 cm³/mol. The first kappa shape index (κ1) is 26.5. The number of methoxy groups -OCH3 is 2. The van der Waals surface area contributed by atoms with Gasteiger partial charge in [-0.25, -0.2) is 0 Å². The second-order valence-electron chi connectivity index (χ2n) is 11.8. The van der Waals surface area contributed by atoms with Gasteiger partial charge in [-0.3, -0.25) is 4.79 Å². The first-order chi connectivity index (χ1) is 19.3. The minimum absolute atomic E-state index is 0.112. The number of rotatable bonds is 6. The van der Waals surface area contributed by atoms with Crippen LogP contribution in [0.2, 0.25) is 0 Å². The lowest BCUT2D eigenvalue weighted by Crippen LogP contribution is -2.58. The molecule has 0 aromatic heterocycles. The fraction of sp³-hybridized carbons (Fsp3) is 0.324. The minimum Gasteiger partial charge on any atom is -0.469 e. The lowest BCUT2D eigenvalue weighted by molar-refractivity contribution is -0.151. The molecule has 0 saturated heterocycles. The molecule has 1 aliphatic carbocycles. The van der Waals surface area contributed by atoms with Crippen molar-refractivity contribution in [2.45, 2.75) is 53.7 Å². The van der Waals surface area contributed by atoms with Gasteiger partial charge in [0.25, 0.3) is 0 Å². The molecule has 0 bridgehead atoms. The third-order valence-corrected chi connectivity index (χ3v) is 9.04. The number of carbonyl (C=O) groups excluding carboxylic acids is 1. The molecule has 0 spiro atoms. The number of anilines is 2. The number of hydrogen-bond donors (Lipinski definition) is 1. The summed E-state index contributed by atoms with van der Waals surface area (Å²) in [5, 5.41) is 6.45. The van der Waals surface area contributed by atoms with Crippen LogP contribution < -0.4 is 15.5 Å². The van der Waals surface area contributed by atoms with Crippen molar-refractivity contribution in [2.75, 3.05) is 24.3 Å². The third-order valence-electron chi connectivity index (χ3n) is 9.04. The Balaban J connectivity index is 1.58. The predicted octanol–water partition coefficient (Wildman–Crippen LogP) is 6.02. The minimum atomic E-state index is -0.561. The van der Waals surface area contributed by atoms with E-state index in [2.05, 4.69) is 91.5 Å². The van der Waals surface area contributed by atoms with Gasteiger partial charge in [0.2, 0.25) is 0 Å². The van der Waals surface area contributed by atoms with Crippen molar-refractivity contribution in [3.63, 3.8) is 0 Å². The highest BCUT2D eigenvalue weighted by Gasteiger charge is 2.45. The average Bonchev–Trinajstić information content (AvgIpc) is 3.32. The zero-order valence-corrected chi connectivity index (χ0v) is 24.4. The van der Waals surface area contributed by atoms with E-state index in [1.54, 1.807) is 7.11 Å². The number of fused-ring (bicyclic) bond motifs is 1. The van der Waals surface area contributed by atoms with Gasteiger partial charge < -0.3 is 19.5 Å². The van der Waals surface area contributed by atoms with Crippen LogP contribution in [-0.2, 0) is 40.3 Å². The van der Waals surface area contributed by atoms with E-state index in [4.69, 9.17) is 9.47 Å². The lowest BCUT2D eigenvalue weighted by atomic mass is 9.58. The number of esters is 1. The Morgan fingerprint density at radius 2 is 1.70 bits per heavy atom. The highest BCUT2D eigenvalue weighted by atomic mass is 16.5. The largest absolute Gasteiger partial charge is 0.469 e. The number of carbonyl (C=O) groups is 1. The zero-order chi connectivity index (χ0) is 28.2. The van der Waals surface area contributed by atoms with Crippen LogP contribution in [0.3, 0.4) is 0 Å². The van der Waals surface area contributed by atoms with Gasteiger partial charge in [0.1, 0.15) is 0 Å². The molecule has 0 saturated carbocycles. The fourth-order valence-corrected chi connectivity index (χ4v) is 7.09. The van der Waals surface area contributed by atoms with Gasteiger partial charge >= 0.3 is 13.0 Å². The molecule has 40 heavy (non-hydrogen) atoms. The summed E-state index contributed by atoms with van der Waals surface area (Å²) < 4.78 is 11.1. The molecule has 2 aliphatic rings. The van der Waals surface area contributed by atoms with E-state index in [0.29, 0.717) is 19.4 Å². The number of nitrogens with zero attached hydrogens (tertiary/aromatic N) is 1. The van der Waals surface area contributed by atoms with E-state index in [1.807, 2.05) is 6.92 Å². The maximum absolute atomic E-state index is 12.9. The van der Waals surface area contributed by atoms with Gasteiger partial charge in [0, 0.05) is 30.4 Å². The van der Waals surface area contributed by atoms with Crippen LogP contribution >= 0.6 is 0 Å². The van der Waals surface area contributed by atoms with Crippen molar-refractivity contribution < 1.29 is 14.3 Å². The van der Waals surface area contributed by atoms with Crippen molar-refractivity contribution in [3.8, 4) is 0 Å². The molecule has 1 N–H and O–H groups in total. The first-order valence-electron chi connectivity index (χ1n) is 14.1. The van der Waals surface area contributed by atoms with Crippen molar-refractivity contribution in [3.05, 3.63) is 99.6 Å². The summed E-state index contributed by atoms with van der Waals surface area (Å²) in [6.45, 7) is 9.79. The summed E-state index contributed by atoms with van der Waals surface area (Å²) in [4.78, 5) is 15.4. The van der Waals surface area contributed by atoms with Crippen LogP contribution in [0.1, 0.15) is 45.9 Å². The Labute approximate surface area is 237 Å². The Bertz CT molecular complexity index is 1630.